The Balaban J connectivity index is 1.30. The number of carbonyl (C=O) groups excluding carboxylic acids is 2. The number of rotatable bonds is 10. The minimum Gasteiger partial charge on any atom is -0.497 e. The summed E-state index contributed by atoms with van der Waals surface area (Å²) in [6.07, 6.45) is 3.13. The number of aromatic nitrogens is 4. The van der Waals surface area contributed by atoms with E-state index in [0.717, 1.165) is 25.9 Å². The highest BCUT2D eigenvalue weighted by molar-refractivity contribution is 5.91. The maximum atomic E-state index is 12.3. The molecule has 0 bridgehead atoms. The van der Waals surface area contributed by atoms with E-state index in [2.05, 4.69) is 25.9 Å². The molecule has 1 fully saturated rings. The molecule has 3 heterocycles. The second kappa shape index (κ2) is 10.1. The molecule has 0 aliphatic carbocycles. The van der Waals surface area contributed by atoms with Crippen LogP contribution in [-0.4, -0.2) is 63.3 Å². The van der Waals surface area contributed by atoms with Crippen molar-refractivity contribution in [2.24, 2.45) is 0 Å². The molecule has 2 amide bonds. The predicted octanol–water partition coefficient (Wildman–Crippen LogP) is 2.13. The largest absolute Gasteiger partial charge is 0.497 e. The van der Waals surface area contributed by atoms with E-state index >= 15 is 0 Å². The zero-order valence-electron chi connectivity index (χ0n) is 18.1. The molecule has 0 saturated carbocycles. The number of aryl methyl sites for hydroxylation is 1. The molecule has 1 aliphatic rings. The van der Waals surface area contributed by atoms with Gasteiger partial charge in [-0.25, -0.2) is 0 Å². The van der Waals surface area contributed by atoms with Crippen molar-refractivity contribution in [2.75, 3.05) is 37.4 Å². The number of methoxy groups -OCH3 is 1. The average molecular weight is 438 g/mol. The molecule has 0 atom stereocenters. The van der Waals surface area contributed by atoms with Gasteiger partial charge in [0.25, 0.3) is 0 Å². The van der Waals surface area contributed by atoms with E-state index in [9.17, 15) is 9.59 Å². The molecule has 10 heteroatoms. The Kier molecular flexibility index (Phi) is 6.78. The molecule has 168 valence electrons. The minimum absolute atomic E-state index is 0.124. The first kappa shape index (κ1) is 21.5. The predicted molar refractivity (Wildman–Crippen MR) is 120 cm³/mol. The van der Waals surface area contributed by atoms with Gasteiger partial charge in [-0.1, -0.05) is 6.07 Å². The van der Waals surface area contributed by atoms with Crippen LogP contribution in [0.1, 0.15) is 31.5 Å². The first-order valence-corrected chi connectivity index (χ1v) is 10.8. The summed E-state index contributed by atoms with van der Waals surface area (Å²) in [6, 6.07) is 10.9. The van der Waals surface area contributed by atoms with E-state index in [4.69, 9.17) is 4.74 Å². The number of benzene rings is 1. The first-order valence-electron chi connectivity index (χ1n) is 10.8. The van der Waals surface area contributed by atoms with Crippen LogP contribution in [0.15, 0.2) is 36.4 Å². The van der Waals surface area contributed by atoms with Crippen LogP contribution in [0, 0.1) is 0 Å². The monoisotopic (exact) mass is 437 g/mol. The zero-order valence-corrected chi connectivity index (χ0v) is 18.1. The summed E-state index contributed by atoms with van der Waals surface area (Å²) in [5.41, 5.74) is 1.31. The van der Waals surface area contributed by atoms with Gasteiger partial charge in [-0.15, -0.1) is 15.3 Å². The van der Waals surface area contributed by atoms with Crippen LogP contribution in [0.4, 0.5) is 11.5 Å². The second-order valence-corrected chi connectivity index (χ2v) is 7.65. The van der Waals surface area contributed by atoms with Crippen LogP contribution in [0.25, 0.3) is 5.65 Å². The average Bonchev–Trinajstić information content (AvgIpc) is 3.40. The number of carbonyl (C=O) groups is 2. The fourth-order valence-corrected chi connectivity index (χ4v) is 3.66. The summed E-state index contributed by atoms with van der Waals surface area (Å²) in [6.45, 7) is 2.33. The number of nitrogens with one attached hydrogen (secondary N) is 2. The lowest BCUT2D eigenvalue weighted by atomic mass is 10.2. The molecule has 0 unspecified atom stereocenters. The summed E-state index contributed by atoms with van der Waals surface area (Å²) in [7, 11) is 1.59. The highest BCUT2D eigenvalue weighted by atomic mass is 16.5. The van der Waals surface area contributed by atoms with Crippen LogP contribution < -0.4 is 15.4 Å². The zero-order chi connectivity index (χ0) is 22.3. The molecule has 32 heavy (non-hydrogen) atoms. The molecule has 3 aromatic rings. The van der Waals surface area contributed by atoms with Gasteiger partial charge < -0.3 is 20.3 Å². The topological polar surface area (TPSA) is 114 Å². The van der Waals surface area contributed by atoms with Gasteiger partial charge in [0.2, 0.25) is 11.8 Å². The third-order valence-corrected chi connectivity index (χ3v) is 5.34. The SMILES string of the molecule is COc1cccc(NC(=O)CCc2nnc3ccc(NCCCN4CCCC4=O)nn23)c1. The number of nitrogens with zero attached hydrogens (tertiary/aromatic N) is 5. The van der Waals surface area contributed by atoms with Crippen LogP contribution in [-0.2, 0) is 16.0 Å². The number of likely N-dealkylation sites (tertiary alicyclic amines) is 1. The molecular formula is C22H27N7O3. The maximum absolute atomic E-state index is 12.3. The van der Waals surface area contributed by atoms with Gasteiger partial charge >= 0.3 is 0 Å². The number of amides is 2. The van der Waals surface area contributed by atoms with E-state index in [0.29, 0.717) is 48.1 Å². The Morgan fingerprint density at radius 2 is 2.12 bits per heavy atom. The van der Waals surface area contributed by atoms with E-state index in [-0.39, 0.29) is 18.2 Å². The normalized spacial score (nSPS) is 13.5. The molecule has 2 N–H and O–H groups in total. The Morgan fingerprint density at radius 3 is 2.94 bits per heavy atom. The van der Waals surface area contributed by atoms with Gasteiger partial charge in [-0.05, 0) is 37.1 Å². The minimum atomic E-state index is -0.124. The first-order chi connectivity index (χ1) is 15.6. The van der Waals surface area contributed by atoms with Gasteiger partial charge in [-0.3, -0.25) is 9.59 Å². The summed E-state index contributed by atoms with van der Waals surface area (Å²) in [4.78, 5) is 25.9. The van der Waals surface area contributed by atoms with Gasteiger partial charge in [0, 0.05) is 50.7 Å². The van der Waals surface area contributed by atoms with Gasteiger partial charge in [0.05, 0.1) is 7.11 Å². The van der Waals surface area contributed by atoms with Gasteiger partial charge in [-0.2, -0.15) is 4.52 Å². The van der Waals surface area contributed by atoms with Crippen molar-refractivity contribution < 1.29 is 14.3 Å². The van der Waals surface area contributed by atoms with Crippen molar-refractivity contribution in [3.8, 4) is 5.75 Å². The van der Waals surface area contributed by atoms with Crippen LogP contribution >= 0.6 is 0 Å². The quantitative estimate of drug-likeness (QED) is 0.467. The lowest BCUT2D eigenvalue weighted by Gasteiger charge is -2.15. The number of anilines is 2. The van der Waals surface area contributed by atoms with Crippen molar-refractivity contribution in [2.45, 2.75) is 32.1 Å². The molecule has 1 aromatic carbocycles. The fourth-order valence-electron chi connectivity index (χ4n) is 3.66. The molecule has 10 nitrogen and oxygen atoms in total. The lowest BCUT2D eigenvalue weighted by molar-refractivity contribution is -0.127. The third-order valence-electron chi connectivity index (χ3n) is 5.34. The van der Waals surface area contributed by atoms with Crippen LogP contribution in [0.5, 0.6) is 5.75 Å². The molecule has 2 aromatic heterocycles. The Hall–Kier alpha value is -3.69. The molecule has 1 saturated heterocycles. The summed E-state index contributed by atoms with van der Waals surface area (Å²) in [5.74, 6) is 2.12. The third kappa shape index (κ3) is 5.32. The van der Waals surface area contributed by atoms with E-state index in [1.807, 2.05) is 35.2 Å². The molecule has 1 aliphatic heterocycles. The summed E-state index contributed by atoms with van der Waals surface area (Å²) >= 11 is 0. The van der Waals surface area contributed by atoms with Gasteiger partial charge in [0.15, 0.2) is 11.5 Å². The number of hydrogen-bond acceptors (Lipinski definition) is 7. The summed E-state index contributed by atoms with van der Waals surface area (Å²) < 4.78 is 6.83. The Bertz CT molecular complexity index is 1100. The van der Waals surface area contributed by atoms with E-state index in [1.54, 1.807) is 17.7 Å². The van der Waals surface area contributed by atoms with Crippen molar-refractivity contribution in [3.05, 3.63) is 42.2 Å². The van der Waals surface area contributed by atoms with E-state index < -0.39 is 0 Å². The number of fused-ring (bicyclic) bond motifs is 1. The Labute approximate surface area is 186 Å². The van der Waals surface area contributed by atoms with Crippen LogP contribution in [0.2, 0.25) is 0 Å². The Morgan fingerprint density at radius 1 is 1.22 bits per heavy atom. The van der Waals surface area contributed by atoms with E-state index in [1.165, 1.54) is 0 Å². The van der Waals surface area contributed by atoms with Gasteiger partial charge in [0.1, 0.15) is 11.6 Å². The number of hydrogen-bond donors (Lipinski definition) is 2. The fraction of sp³-hybridized carbons (Fsp3) is 0.409. The lowest BCUT2D eigenvalue weighted by Crippen LogP contribution is -2.27. The van der Waals surface area contributed by atoms with Crippen LogP contribution in [0.3, 0.4) is 0 Å². The smallest absolute Gasteiger partial charge is 0.224 e. The highest BCUT2D eigenvalue weighted by Crippen LogP contribution is 2.17. The molecule has 4 rings (SSSR count). The van der Waals surface area contributed by atoms with Crippen molar-refractivity contribution in [3.63, 3.8) is 0 Å². The van der Waals surface area contributed by atoms with Crippen molar-refractivity contribution >= 4 is 29.0 Å². The van der Waals surface area contributed by atoms with Crippen molar-refractivity contribution in [1.29, 1.82) is 0 Å². The standard InChI is InChI=1S/C22H27N7O3/c1-32-17-6-2-5-16(15-17)24-21(30)11-10-20-26-25-19-9-8-18(27-29(19)20)23-12-4-14-28-13-3-7-22(28)31/h2,5-6,8-9,15H,3-4,7,10-14H2,1H3,(H,23,27)(H,24,30). The summed E-state index contributed by atoms with van der Waals surface area (Å²) in [5, 5.41) is 19.0. The number of ether oxygens (including phenoxy) is 1. The molecular weight excluding hydrogens is 410 g/mol. The highest BCUT2D eigenvalue weighted by Gasteiger charge is 2.19. The second-order valence-electron chi connectivity index (χ2n) is 7.65. The maximum Gasteiger partial charge on any atom is 0.224 e. The van der Waals surface area contributed by atoms with Crippen molar-refractivity contribution in [1.82, 2.24) is 24.7 Å². The molecule has 0 spiro atoms. The molecule has 0 radical (unpaired) electrons.